The molecule has 0 saturated heterocycles. The van der Waals surface area contributed by atoms with Gasteiger partial charge in [0, 0.05) is 19.3 Å². The second-order valence-corrected chi connectivity index (χ2v) is 21.3. The highest BCUT2D eigenvalue weighted by molar-refractivity contribution is 5.71. The fraction of sp³-hybridized carbons (Fsp3) is 0.635. The second kappa shape index (κ2) is 66.8. The Morgan fingerprint density at radius 1 is 0.263 bits per heavy atom. The highest BCUT2D eigenvalue weighted by Gasteiger charge is 2.19. The second-order valence-electron chi connectivity index (χ2n) is 21.3. The Kier molecular flexibility index (Phi) is 62.9. The Labute approximate surface area is 493 Å². The van der Waals surface area contributed by atoms with Crippen molar-refractivity contribution in [1.29, 1.82) is 0 Å². The summed E-state index contributed by atoms with van der Waals surface area (Å²) >= 11 is 0. The van der Waals surface area contributed by atoms with Crippen LogP contribution in [0.25, 0.3) is 0 Å². The lowest BCUT2D eigenvalue weighted by molar-refractivity contribution is -0.167. The molecule has 0 aliphatic heterocycles. The molecule has 1 atom stereocenters. The minimum Gasteiger partial charge on any atom is -0.462 e. The van der Waals surface area contributed by atoms with Gasteiger partial charge in [0.1, 0.15) is 13.2 Å². The maximum atomic E-state index is 12.9. The number of hydrogen-bond acceptors (Lipinski definition) is 6. The van der Waals surface area contributed by atoms with Gasteiger partial charge in [-0.15, -0.1) is 0 Å². The molecule has 0 aromatic heterocycles. The molecule has 6 nitrogen and oxygen atoms in total. The van der Waals surface area contributed by atoms with E-state index >= 15 is 0 Å². The van der Waals surface area contributed by atoms with E-state index in [-0.39, 0.29) is 31.1 Å². The maximum Gasteiger partial charge on any atom is 0.306 e. The largest absolute Gasteiger partial charge is 0.462 e. The van der Waals surface area contributed by atoms with Gasteiger partial charge < -0.3 is 14.2 Å². The monoisotopic (exact) mass is 1100 g/mol. The molecule has 0 aromatic rings. The molecule has 0 rings (SSSR count). The number of unbranched alkanes of at least 4 members (excludes halogenated alkanes) is 23. The molecule has 0 spiro atoms. The van der Waals surface area contributed by atoms with Crippen LogP contribution in [0.1, 0.15) is 284 Å². The molecule has 1 unspecified atom stereocenters. The number of rotatable bonds is 58. The fourth-order valence-corrected chi connectivity index (χ4v) is 8.64. The van der Waals surface area contributed by atoms with E-state index < -0.39 is 6.10 Å². The summed E-state index contributed by atoms with van der Waals surface area (Å²) in [5.74, 6) is -0.945. The Balaban J connectivity index is 4.39. The molecular weight excluding hydrogens is 985 g/mol. The first-order chi connectivity index (χ1) is 39.5. The van der Waals surface area contributed by atoms with Crippen molar-refractivity contribution in [1.82, 2.24) is 0 Å². The number of allylic oxidation sites excluding steroid dienone is 24. The van der Waals surface area contributed by atoms with Crippen LogP contribution in [0.3, 0.4) is 0 Å². The Morgan fingerprint density at radius 3 is 0.787 bits per heavy atom. The first kappa shape index (κ1) is 75.3. The van der Waals surface area contributed by atoms with Gasteiger partial charge in [-0.05, 0) is 148 Å². The smallest absolute Gasteiger partial charge is 0.306 e. The van der Waals surface area contributed by atoms with Crippen LogP contribution in [0.4, 0.5) is 0 Å². The van der Waals surface area contributed by atoms with Crippen molar-refractivity contribution in [2.45, 2.75) is 290 Å². The molecular formula is C74H120O6. The molecule has 452 valence electrons. The van der Waals surface area contributed by atoms with Crippen LogP contribution in [0.5, 0.6) is 0 Å². The summed E-state index contributed by atoms with van der Waals surface area (Å²) in [6.07, 6.45) is 95.7. The quantitative estimate of drug-likeness (QED) is 0.0261. The average Bonchev–Trinajstić information content (AvgIpc) is 3.46. The number of hydrogen-bond donors (Lipinski definition) is 0. The van der Waals surface area contributed by atoms with Crippen LogP contribution >= 0.6 is 0 Å². The first-order valence-corrected chi connectivity index (χ1v) is 32.8. The molecule has 0 aliphatic rings. The third-order valence-corrected chi connectivity index (χ3v) is 13.5. The van der Waals surface area contributed by atoms with E-state index in [1.54, 1.807) is 0 Å². The summed E-state index contributed by atoms with van der Waals surface area (Å²) in [4.78, 5) is 38.3. The standard InChI is InChI=1S/C74H120O6/c1-4-7-10-13-16-19-22-25-27-29-31-32-33-34-35-36-37-38-39-40-41-42-44-45-47-49-52-55-58-61-64-67-73(76)79-70-71(69-78-72(75)66-63-60-57-54-51-24-21-18-15-12-9-6-3)80-74(77)68-65-62-59-56-53-50-48-46-43-30-28-26-23-20-17-14-11-8-5-2/h7,10,16-21,25-28,31-32,34-35,37-38,40-41,44-45,49,52,71H,4-6,8-9,11-15,22-24,29-30,33,36,39,42-43,46-48,50-51,53-70H2,1-3H3/b10-7-,19-16-,20-17-,21-18-,27-25-,28-26-,32-31-,35-34-,38-37-,41-40-,45-44-,52-49-. The highest BCUT2D eigenvalue weighted by Crippen LogP contribution is 2.15. The maximum absolute atomic E-state index is 12.9. The molecule has 0 N–H and O–H groups in total. The minimum atomic E-state index is -0.804. The molecule has 6 heteroatoms. The van der Waals surface area contributed by atoms with Crippen LogP contribution in [0, 0.1) is 0 Å². The van der Waals surface area contributed by atoms with Crippen molar-refractivity contribution in [3.63, 3.8) is 0 Å². The Bertz CT molecular complexity index is 1750. The van der Waals surface area contributed by atoms with Gasteiger partial charge in [0.05, 0.1) is 0 Å². The topological polar surface area (TPSA) is 78.9 Å². The van der Waals surface area contributed by atoms with Gasteiger partial charge >= 0.3 is 17.9 Å². The van der Waals surface area contributed by atoms with E-state index in [4.69, 9.17) is 14.2 Å². The lowest BCUT2D eigenvalue weighted by Crippen LogP contribution is -2.30. The van der Waals surface area contributed by atoms with Crippen LogP contribution in [-0.2, 0) is 28.6 Å². The molecule has 0 bridgehead atoms. The molecule has 0 amide bonds. The van der Waals surface area contributed by atoms with Crippen molar-refractivity contribution in [2.24, 2.45) is 0 Å². The van der Waals surface area contributed by atoms with Gasteiger partial charge in [0.15, 0.2) is 6.10 Å². The van der Waals surface area contributed by atoms with Gasteiger partial charge in [0.25, 0.3) is 0 Å². The minimum absolute atomic E-state index is 0.0986. The van der Waals surface area contributed by atoms with Crippen LogP contribution in [0.2, 0.25) is 0 Å². The third-order valence-electron chi connectivity index (χ3n) is 13.5. The van der Waals surface area contributed by atoms with E-state index in [1.165, 1.54) is 103 Å². The zero-order valence-corrected chi connectivity index (χ0v) is 51.8. The summed E-state index contributed by atoms with van der Waals surface area (Å²) in [7, 11) is 0. The molecule has 0 heterocycles. The highest BCUT2D eigenvalue weighted by atomic mass is 16.6. The Hall–Kier alpha value is -4.71. The lowest BCUT2D eigenvalue weighted by atomic mass is 10.1. The SMILES string of the molecule is CC/C=C\C/C=C\C/C=C\C/C=C\C/C=C\C/C=C\C/C=C\C/C=C\C/C=C\CCCCCC(=O)OCC(COC(=O)CCCCCCC/C=C\CCCCC)OC(=O)CCCCCCCCCCC/C=C\C/C=C\CCCCC. The zero-order chi connectivity index (χ0) is 57.8. The van der Waals surface area contributed by atoms with E-state index in [1.807, 2.05) is 0 Å². The Morgan fingerprint density at radius 2 is 0.487 bits per heavy atom. The average molecular weight is 1110 g/mol. The van der Waals surface area contributed by atoms with Crippen LogP contribution in [-0.4, -0.2) is 37.2 Å². The summed E-state index contributed by atoms with van der Waals surface area (Å²) < 4.78 is 16.9. The van der Waals surface area contributed by atoms with Gasteiger partial charge in [0.2, 0.25) is 0 Å². The van der Waals surface area contributed by atoms with Gasteiger partial charge in [-0.25, -0.2) is 0 Å². The van der Waals surface area contributed by atoms with Crippen molar-refractivity contribution >= 4 is 17.9 Å². The lowest BCUT2D eigenvalue weighted by Gasteiger charge is -2.18. The molecule has 0 aromatic carbocycles. The molecule has 0 saturated carbocycles. The van der Waals surface area contributed by atoms with E-state index in [2.05, 4.69) is 167 Å². The summed E-state index contributed by atoms with van der Waals surface area (Å²) in [6, 6.07) is 0. The number of carbonyl (C=O) groups is 3. The predicted molar refractivity (Wildman–Crippen MR) is 348 cm³/mol. The fourth-order valence-electron chi connectivity index (χ4n) is 8.64. The van der Waals surface area contributed by atoms with Gasteiger partial charge in [-0.3, -0.25) is 14.4 Å². The number of esters is 3. The van der Waals surface area contributed by atoms with Crippen molar-refractivity contribution in [2.75, 3.05) is 13.2 Å². The van der Waals surface area contributed by atoms with Gasteiger partial charge in [-0.1, -0.05) is 263 Å². The van der Waals surface area contributed by atoms with E-state index in [0.29, 0.717) is 19.3 Å². The van der Waals surface area contributed by atoms with Crippen molar-refractivity contribution in [3.8, 4) is 0 Å². The predicted octanol–water partition coefficient (Wildman–Crippen LogP) is 22.7. The normalized spacial score (nSPS) is 13.1. The summed E-state index contributed by atoms with van der Waals surface area (Å²) in [5, 5.41) is 0. The van der Waals surface area contributed by atoms with Crippen LogP contribution < -0.4 is 0 Å². The molecule has 80 heavy (non-hydrogen) atoms. The molecule has 0 aliphatic carbocycles. The van der Waals surface area contributed by atoms with Gasteiger partial charge in [-0.2, -0.15) is 0 Å². The number of carbonyl (C=O) groups excluding carboxylic acids is 3. The molecule has 0 fully saturated rings. The van der Waals surface area contributed by atoms with Crippen molar-refractivity contribution < 1.29 is 28.6 Å². The van der Waals surface area contributed by atoms with Crippen LogP contribution in [0.15, 0.2) is 146 Å². The third kappa shape index (κ3) is 64.1. The zero-order valence-electron chi connectivity index (χ0n) is 51.8. The summed E-state index contributed by atoms with van der Waals surface area (Å²) in [5.41, 5.74) is 0. The van der Waals surface area contributed by atoms with E-state index in [9.17, 15) is 14.4 Å². The van der Waals surface area contributed by atoms with E-state index in [0.717, 1.165) is 141 Å². The van der Waals surface area contributed by atoms with Crippen molar-refractivity contribution in [3.05, 3.63) is 146 Å². The first-order valence-electron chi connectivity index (χ1n) is 32.8. The summed E-state index contributed by atoms with van der Waals surface area (Å²) in [6.45, 7) is 6.44. The number of ether oxygens (including phenoxy) is 3. The molecule has 0 radical (unpaired) electrons.